The molecule has 1 aliphatic rings. The van der Waals surface area contributed by atoms with Gasteiger partial charge in [0.05, 0.1) is 12.6 Å². The van der Waals surface area contributed by atoms with Gasteiger partial charge in [-0.2, -0.15) is 5.06 Å². The van der Waals surface area contributed by atoms with Crippen LogP contribution in [0.4, 0.5) is 4.79 Å². The van der Waals surface area contributed by atoms with Crippen molar-refractivity contribution >= 4 is 18.5 Å². The quantitative estimate of drug-likeness (QED) is 0.903. The molecule has 0 aromatic heterocycles. The second-order valence-corrected chi connectivity index (χ2v) is 4.26. The summed E-state index contributed by atoms with van der Waals surface area (Å²) in [5, 5.41) is 4.47. The minimum atomic E-state index is -0.436. The monoisotopic (exact) mass is 286 g/mol. The molecule has 1 atom stereocenters. The van der Waals surface area contributed by atoms with Crippen LogP contribution < -0.4 is 5.32 Å². The minimum Gasteiger partial charge on any atom is -0.443 e. The number of ether oxygens (including phenoxy) is 1. The van der Waals surface area contributed by atoms with Gasteiger partial charge in [0.15, 0.2) is 0 Å². The van der Waals surface area contributed by atoms with Gasteiger partial charge in [-0.15, -0.1) is 12.4 Å². The van der Waals surface area contributed by atoms with E-state index in [-0.39, 0.29) is 25.1 Å². The van der Waals surface area contributed by atoms with E-state index in [0.29, 0.717) is 13.1 Å². The molecular weight excluding hydrogens is 268 g/mol. The molecular formula is C13H19ClN2O3. The molecule has 0 spiro atoms. The number of hydroxylamine groups is 2. The number of nitrogens with zero attached hydrogens (tertiary/aromatic N) is 1. The first-order valence-electron chi connectivity index (χ1n) is 6.11. The van der Waals surface area contributed by atoms with Gasteiger partial charge in [0.1, 0.15) is 6.61 Å². The molecule has 1 N–H and O–H groups in total. The lowest BCUT2D eigenvalue weighted by Crippen LogP contribution is -2.35. The summed E-state index contributed by atoms with van der Waals surface area (Å²) in [6, 6.07) is 9.59. The Kier molecular flexibility index (Phi) is 6.62. The summed E-state index contributed by atoms with van der Waals surface area (Å²) in [5.41, 5.74) is 0.965. The molecule has 1 heterocycles. The van der Waals surface area contributed by atoms with E-state index in [9.17, 15) is 4.79 Å². The maximum Gasteiger partial charge on any atom is 0.434 e. The van der Waals surface area contributed by atoms with Gasteiger partial charge in [-0.05, 0) is 12.5 Å². The molecule has 5 nitrogen and oxygen atoms in total. The first-order valence-corrected chi connectivity index (χ1v) is 6.11. The molecule has 106 valence electrons. The number of nitrogens with one attached hydrogen (secondary N) is 1. The first-order chi connectivity index (χ1) is 8.75. The Morgan fingerprint density at radius 1 is 1.47 bits per heavy atom. The molecule has 2 rings (SSSR count). The average molecular weight is 287 g/mol. The maximum atomic E-state index is 11.8. The van der Waals surface area contributed by atoms with Gasteiger partial charge in [0, 0.05) is 13.1 Å². The number of carbonyl (C=O) groups excluding carboxylic acids is 1. The number of rotatable bonds is 2. The second kappa shape index (κ2) is 7.99. The van der Waals surface area contributed by atoms with Gasteiger partial charge >= 0.3 is 6.09 Å². The normalized spacial score (nSPS) is 19.2. The Labute approximate surface area is 119 Å². The largest absolute Gasteiger partial charge is 0.443 e. The van der Waals surface area contributed by atoms with E-state index in [2.05, 4.69) is 5.32 Å². The van der Waals surface area contributed by atoms with Crippen molar-refractivity contribution < 1.29 is 14.4 Å². The summed E-state index contributed by atoms with van der Waals surface area (Å²) >= 11 is 0. The van der Waals surface area contributed by atoms with Crippen LogP contribution in [0, 0.1) is 0 Å². The van der Waals surface area contributed by atoms with Crippen molar-refractivity contribution in [1.29, 1.82) is 0 Å². The summed E-state index contributed by atoms with van der Waals surface area (Å²) in [7, 11) is 0. The molecule has 1 aromatic carbocycles. The molecule has 0 bridgehead atoms. The Bertz CT molecular complexity index is 389. The van der Waals surface area contributed by atoms with Crippen LogP contribution in [0.2, 0.25) is 0 Å². The zero-order chi connectivity index (χ0) is 12.8. The molecule has 1 amide bonds. The highest BCUT2D eigenvalue weighted by Gasteiger charge is 2.21. The van der Waals surface area contributed by atoms with E-state index in [4.69, 9.17) is 9.57 Å². The Hall–Kier alpha value is -1.30. The molecule has 1 saturated heterocycles. The van der Waals surface area contributed by atoms with Crippen molar-refractivity contribution in [2.75, 3.05) is 19.6 Å². The molecule has 0 aliphatic carbocycles. The molecule has 19 heavy (non-hydrogen) atoms. The van der Waals surface area contributed by atoms with Gasteiger partial charge in [-0.3, -0.25) is 4.84 Å². The predicted octanol–water partition coefficient (Wildman–Crippen LogP) is 1.97. The van der Waals surface area contributed by atoms with E-state index < -0.39 is 6.09 Å². The van der Waals surface area contributed by atoms with Crippen LogP contribution in [0.1, 0.15) is 12.5 Å². The van der Waals surface area contributed by atoms with Crippen LogP contribution in [0.5, 0.6) is 0 Å². The zero-order valence-corrected chi connectivity index (χ0v) is 11.7. The highest BCUT2D eigenvalue weighted by molar-refractivity contribution is 5.85. The van der Waals surface area contributed by atoms with Crippen LogP contribution in [-0.4, -0.2) is 36.9 Å². The molecule has 0 radical (unpaired) electrons. The number of benzene rings is 1. The van der Waals surface area contributed by atoms with Gasteiger partial charge in [-0.25, -0.2) is 4.79 Å². The lowest BCUT2D eigenvalue weighted by molar-refractivity contribution is -0.158. The molecule has 1 fully saturated rings. The van der Waals surface area contributed by atoms with E-state index in [1.54, 1.807) is 0 Å². The highest BCUT2D eigenvalue weighted by atomic mass is 35.5. The van der Waals surface area contributed by atoms with Crippen LogP contribution in [0.15, 0.2) is 30.3 Å². The smallest absolute Gasteiger partial charge is 0.434 e. The fourth-order valence-electron chi connectivity index (χ4n) is 1.72. The third kappa shape index (κ3) is 5.06. The Balaban J connectivity index is 0.00000180. The second-order valence-electron chi connectivity index (χ2n) is 4.26. The van der Waals surface area contributed by atoms with E-state index >= 15 is 0 Å². The minimum absolute atomic E-state index is 0. The van der Waals surface area contributed by atoms with E-state index in [1.807, 2.05) is 37.3 Å². The Morgan fingerprint density at radius 2 is 2.21 bits per heavy atom. The van der Waals surface area contributed by atoms with Crippen molar-refractivity contribution in [3.63, 3.8) is 0 Å². The Morgan fingerprint density at radius 3 is 2.95 bits per heavy atom. The number of hydrogen-bond donors (Lipinski definition) is 1. The lowest BCUT2D eigenvalue weighted by Gasteiger charge is -2.21. The van der Waals surface area contributed by atoms with Gasteiger partial charge in [0.25, 0.3) is 0 Å². The van der Waals surface area contributed by atoms with Crippen molar-refractivity contribution in [2.45, 2.75) is 19.6 Å². The molecule has 6 heteroatoms. The third-order valence-corrected chi connectivity index (χ3v) is 2.64. The molecule has 1 aromatic rings. The fourth-order valence-corrected chi connectivity index (χ4v) is 1.72. The number of amides is 1. The van der Waals surface area contributed by atoms with Crippen LogP contribution in [-0.2, 0) is 16.2 Å². The summed E-state index contributed by atoms with van der Waals surface area (Å²) in [6.45, 7) is 4.13. The van der Waals surface area contributed by atoms with E-state index in [1.165, 1.54) is 5.06 Å². The number of halogens is 1. The van der Waals surface area contributed by atoms with Crippen LogP contribution >= 0.6 is 12.4 Å². The van der Waals surface area contributed by atoms with Gasteiger partial charge in [-0.1, -0.05) is 30.3 Å². The summed E-state index contributed by atoms with van der Waals surface area (Å²) < 4.78 is 5.21. The molecule has 0 saturated carbocycles. The van der Waals surface area contributed by atoms with Crippen molar-refractivity contribution in [3.05, 3.63) is 35.9 Å². The summed E-state index contributed by atoms with van der Waals surface area (Å²) in [4.78, 5) is 17.3. The summed E-state index contributed by atoms with van der Waals surface area (Å²) in [5.74, 6) is 0. The van der Waals surface area contributed by atoms with Crippen molar-refractivity contribution in [1.82, 2.24) is 10.4 Å². The third-order valence-electron chi connectivity index (χ3n) is 2.64. The SMILES string of the molecule is C[C@H]1CNCCN(C(=O)OCc2ccccc2)O1.Cl. The van der Waals surface area contributed by atoms with Crippen LogP contribution in [0.3, 0.4) is 0 Å². The summed E-state index contributed by atoms with van der Waals surface area (Å²) in [6.07, 6.45) is -0.467. The number of hydrogen-bond acceptors (Lipinski definition) is 4. The standard InChI is InChI=1S/C13H18N2O3.ClH/c1-11-9-14-7-8-15(18-11)13(16)17-10-12-5-3-2-4-6-12;/h2-6,11,14H,7-10H2,1H3;1H/t11-;/m0./s1. The van der Waals surface area contributed by atoms with Crippen molar-refractivity contribution in [3.8, 4) is 0 Å². The van der Waals surface area contributed by atoms with Gasteiger partial charge in [0.2, 0.25) is 0 Å². The van der Waals surface area contributed by atoms with E-state index in [0.717, 1.165) is 12.1 Å². The van der Waals surface area contributed by atoms with Crippen molar-refractivity contribution in [2.24, 2.45) is 0 Å². The molecule has 1 aliphatic heterocycles. The maximum absolute atomic E-state index is 11.8. The highest BCUT2D eigenvalue weighted by Crippen LogP contribution is 2.06. The molecule has 0 unspecified atom stereocenters. The lowest BCUT2D eigenvalue weighted by atomic mass is 10.2. The first kappa shape index (κ1) is 15.8. The fraction of sp³-hybridized carbons (Fsp3) is 0.462. The van der Waals surface area contributed by atoms with Crippen LogP contribution in [0.25, 0.3) is 0 Å². The zero-order valence-electron chi connectivity index (χ0n) is 10.9. The average Bonchev–Trinajstić information content (AvgIpc) is 2.62. The topological polar surface area (TPSA) is 50.8 Å². The number of carbonyl (C=O) groups is 1. The van der Waals surface area contributed by atoms with Gasteiger partial charge < -0.3 is 10.1 Å². The predicted molar refractivity (Wildman–Crippen MR) is 74.0 cm³/mol.